The predicted molar refractivity (Wildman–Crippen MR) is 79.1 cm³/mol. The smallest absolute Gasteiger partial charge is 0.225 e. The van der Waals surface area contributed by atoms with Crippen LogP contribution in [0.1, 0.15) is 64.7 Å². The van der Waals surface area contributed by atoms with Crippen LogP contribution in [0, 0.1) is 5.92 Å². The van der Waals surface area contributed by atoms with E-state index in [1.165, 1.54) is 44.9 Å². The highest BCUT2D eigenvalue weighted by atomic mass is 16.2. The molecule has 0 aromatic carbocycles. The van der Waals surface area contributed by atoms with Crippen molar-refractivity contribution in [1.82, 2.24) is 10.2 Å². The molecule has 0 aromatic rings. The molecule has 2 aliphatic carbocycles. The largest absolute Gasteiger partial charge is 0.343 e. The Hall–Kier alpha value is -0.570. The molecule has 0 atom stereocenters. The molecule has 2 rings (SSSR count). The van der Waals surface area contributed by atoms with Gasteiger partial charge in [-0.05, 0) is 51.5 Å². The van der Waals surface area contributed by atoms with E-state index in [4.69, 9.17) is 0 Å². The zero-order valence-corrected chi connectivity index (χ0v) is 12.7. The minimum atomic E-state index is 0.334. The molecule has 1 amide bonds. The van der Waals surface area contributed by atoms with Crippen LogP contribution in [0.15, 0.2) is 0 Å². The van der Waals surface area contributed by atoms with Gasteiger partial charge in [0.25, 0.3) is 0 Å². The monoisotopic (exact) mass is 266 g/mol. The van der Waals surface area contributed by atoms with Crippen LogP contribution >= 0.6 is 0 Å². The van der Waals surface area contributed by atoms with Crippen LogP contribution in [0.25, 0.3) is 0 Å². The normalized spacial score (nSPS) is 28.5. The van der Waals surface area contributed by atoms with Gasteiger partial charge in [-0.1, -0.05) is 19.8 Å². The molecule has 19 heavy (non-hydrogen) atoms. The summed E-state index contributed by atoms with van der Waals surface area (Å²) in [6, 6.07) is 1.18. The zero-order chi connectivity index (χ0) is 13.7. The number of rotatable bonds is 5. The quantitative estimate of drug-likeness (QED) is 0.830. The van der Waals surface area contributed by atoms with Gasteiger partial charge in [0, 0.05) is 25.0 Å². The molecule has 0 saturated heterocycles. The summed E-state index contributed by atoms with van der Waals surface area (Å²) in [5, 5.41) is 3.61. The molecule has 2 aliphatic rings. The fourth-order valence-corrected chi connectivity index (χ4v) is 3.66. The van der Waals surface area contributed by atoms with Crippen LogP contribution < -0.4 is 5.32 Å². The molecule has 110 valence electrons. The number of nitrogens with zero attached hydrogens (tertiary/aromatic N) is 1. The Balaban J connectivity index is 1.75. The summed E-state index contributed by atoms with van der Waals surface area (Å²) in [7, 11) is 2.03. The zero-order valence-electron chi connectivity index (χ0n) is 12.7. The molecular weight excluding hydrogens is 236 g/mol. The Morgan fingerprint density at radius 1 is 1.11 bits per heavy atom. The summed E-state index contributed by atoms with van der Waals surface area (Å²) in [5.74, 6) is 0.753. The number of carbonyl (C=O) groups excluding carboxylic acids is 1. The van der Waals surface area contributed by atoms with Crippen molar-refractivity contribution in [2.45, 2.75) is 76.8 Å². The van der Waals surface area contributed by atoms with Gasteiger partial charge in [0.1, 0.15) is 0 Å². The molecule has 2 fully saturated rings. The molecule has 1 N–H and O–H groups in total. The lowest BCUT2D eigenvalue weighted by Crippen LogP contribution is -2.45. The highest BCUT2D eigenvalue weighted by Crippen LogP contribution is 2.29. The maximum absolute atomic E-state index is 12.4. The average Bonchev–Trinajstić information content (AvgIpc) is 2.98. The first kappa shape index (κ1) is 14.8. The first-order valence-electron chi connectivity index (χ1n) is 8.22. The second-order valence-corrected chi connectivity index (χ2v) is 6.39. The highest BCUT2D eigenvalue weighted by Gasteiger charge is 2.31. The second-order valence-electron chi connectivity index (χ2n) is 6.39. The van der Waals surface area contributed by atoms with Gasteiger partial charge in [-0.15, -0.1) is 0 Å². The lowest BCUT2D eigenvalue weighted by atomic mass is 9.89. The van der Waals surface area contributed by atoms with Gasteiger partial charge in [0.15, 0.2) is 0 Å². The maximum atomic E-state index is 12.4. The molecule has 2 saturated carbocycles. The molecule has 3 nitrogen and oxygen atoms in total. The fraction of sp³-hybridized carbons (Fsp3) is 0.938. The van der Waals surface area contributed by atoms with Crippen molar-refractivity contribution in [3.8, 4) is 0 Å². The van der Waals surface area contributed by atoms with Crippen LogP contribution in [0.4, 0.5) is 0 Å². The van der Waals surface area contributed by atoms with E-state index in [9.17, 15) is 4.79 Å². The predicted octanol–water partition coefficient (Wildman–Crippen LogP) is 2.95. The third kappa shape index (κ3) is 3.95. The van der Waals surface area contributed by atoms with E-state index in [2.05, 4.69) is 17.1 Å². The Morgan fingerprint density at radius 2 is 1.74 bits per heavy atom. The van der Waals surface area contributed by atoms with Crippen LogP contribution in [-0.2, 0) is 4.79 Å². The van der Waals surface area contributed by atoms with Gasteiger partial charge >= 0.3 is 0 Å². The second kappa shape index (κ2) is 7.28. The van der Waals surface area contributed by atoms with E-state index < -0.39 is 0 Å². The van der Waals surface area contributed by atoms with Crippen molar-refractivity contribution in [3.63, 3.8) is 0 Å². The molecule has 0 bridgehead atoms. The van der Waals surface area contributed by atoms with E-state index in [0.29, 0.717) is 23.9 Å². The minimum absolute atomic E-state index is 0.334. The first-order chi connectivity index (χ1) is 9.22. The van der Waals surface area contributed by atoms with Gasteiger partial charge in [-0.3, -0.25) is 4.79 Å². The molecule has 0 spiro atoms. The lowest BCUT2D eigenvalue weighted by Gasteiger charge is -2.36. The molecule has 0 aliphatic heterocycles. The number of hydrogen-bond acceptors (Lipinski definition) is 2. The highest BCUT2D eigenvalue weighted by molar-refractivity contribution is 5.79. The van der Waals surface area contributed by atoms with E-state index >= 15 is 0 Å². The van der Waals surface area contributed by atoms with Gasteiger partial charge in [-0.2, -0.15) is 0 Å². The molecule has 0 aromatic heterocycles. The summed E-state index contributed by atoms with van der Waals surface area (Å²) >= 11 is 0. The molecule has 0 unspecified atom stereocenters. The number of amides is 1. The van der Waals surface area contributed by atoms with Crippen LogP contribution in [-0.4, -0.2) is 36.5 Å². The lowest BCUT2D eigenvalue weighted by molar-refractivity contribution is -0.136. The molecule has 0 radical (unpaired) electrons. The fourth-order valence-electron chi connectivity index (χ4n) is 3.66. The van der Waals surface area contributed by atoms with Crippen molar-refractivity contribution in [2.75, 3.05) is 13.6 Å². The van der Waals surface area contributed by atoms with Crippen molar-refractivity contribution in [1.29, 1.82) is 0 Å². The molecule has 3 heteroatoms. The van der Waals surface area contributed by atoms with E-state index in [1.807, 2.05) is 7.05 Å². The Labute approximate surface area is 118 Å². The van der Waals surface area contributed by atoms with Gasteiger partial charge in [0.05, 0.1) is 0 Å². The average molecular weight is 266 g/mol. The number of hydrogen-bond donors (Lipinski definition) is 1. The van der Waals surface area contributed by atoms with Crippen molar-refractivity contribution in [3.05, 3.63) is 0 Å². The van der Waals surface area contributed by atoms with E-state index in [0.717, 1.165) is 19.4 Å². The first-order valence-corrected chi connectivity index (χ1v) is 8.22. The van der Waals surface area contributed by atoms with Gasteiger partial charge < -0.3 is 10.2 Å². The summed E-state index contributed by atoms with van der Waals surface area (Å²) < 4.78 is 0. The van der Waals surface area contributed by atoms with Gasteiger partial charge in [0.2, 0.25) is 5.91 Å². The van der Waals surface area contributed by atoms with E-state index in [-0.39, 0.29) is 0 Å². The van der Waals surface area contributed by atoms with Crippen molar-refractivity contribution in [2.24, 2.45) is 5.92 Å². The SMILES string of the molecule is CCCNC1CCC(N(C)C(=O)C2CCCC2)CC1. The van der Waals surface area contributed by atoms with Crippen LogP contribution in [0.2, 0.25) is 0 Å². The van der Waals surface area contributed by atoms with Crippen LogP contribution in [0.5, 0.6) is 0 Å². The Kier molecular flexibility index (Phi) is 5.68. The van der Waals surface area contributed by atoms with Crippen LogP contribution in [0.3, 0.4) is 0 Å². The standard InChI is InChI=1S/C16H30N2O/c1-3-12-17-14-8-10-15(11-9-14)18(2)16(19)13-6-4-5-7-13/h13-15,17H,3-12H2,1-2H3. The van der Waals surface area contributed by atoms with Gasteiger partial charge in [-0.25, -0.2) is 0 Å². The molecular formula is C16H30N2O. The summed E-state index contributed by atoms with van der Waals surface area (Å²) in [5.41, 5.74) is 0. The van der Waals surface area contributed by atoms with Crippen molar-refractivity contribution >= 4 is 5.91 Å². The summed E-state index contributed by atoms with van der Waals surface area (Å²) in [4.78, 5) is 14.5. The molecule has 0 heterocycles. The topological polar surface area (TPSA) is 32.3 Å². The maximum Gasteiger partial charge on any atom is 0.225 e. The summed E-state index contributed by atoms with van der Waals surface area (Å²) in [6.07, 6.45) is 10.8. The third-order valence-corrected chi connectivity index (χ3v) is 4.98. The van der Waals surface area contributed by atoms with Crippen molar-refractivity contribution < 1.29 is 4.79 Å². The number of carbonyl (C=O) groups is 1. The van der Waals surface area contributed by atoms with E-state index in [1.54, 1.807) is 0 Å². The number of nitrogens with one attached hydrogen (secondary N) is 1. The minimum Gasteiger partial charge on any atom is -0.343 e. The Morgan fingerprint density at radius 3 is 2.32 bits per heavy atom. The Bertz CT molecular complexity index is 278. The third-order valence-electron chi connectivity index (χ3n) is 4.98. The summed E-state index contributed by atoms with van der Waals surface area (Å²) in [6.45, 7) is 3.35.